The monoisotopic (exact) mass is 239 g/mol. The van der Waals surface area contributed by atoms with Gasteiger partial charge in [-0.25, -0.2) is 4.39 Å². The Morgan fingerprint density at radius 3 is 2.88 bits per heavy atom. The van der Waals surface area contributed by atoms with E-state index in [2.05, 4.69) is 10.4 Å². The Hall–Kier alpha value is -1.55. The first-order valence-electron chi connectivity index (χ1n) is 4.82. The number of aryl methyl sites for hydroxylation is 1. The number of nitrogens with one attached hydrogen (secondary N) is 1. The van der Waals surface area contributed by atoms with E-state index in [1.54, 1.807) is 23.0 Å². The molecule has 1 N–H and O–H groups in total. The first kappa shape index (κ1) is 11.0. The lowest BCUT2D eigenvalue weighted by atomic mass is 10.3. The van der Waals surface area contributed by atoms with E-state index < -0.39 is 0 Å². The minimum Gasteiger partial charge on any atom is -0.377 e. The summed E-state index contributed by atoms with van der Waals surface area (Å²) in [5.74, 6) is -0.352. The molecule has 0 saturated carbocycles. The van der Waals surface area contributed by atoms with Gasteiger partial charge < -0.3 is 5.32 Å². The lowest BCUT2D eigenvalue weighted by molar-refractivity contribution is 0.629. The van der Waals surface area contributed by atoms with Gasteiger partial charge in [0.1, 0.15) is 5.82 Å². The fourth-order valence-electron chi connectivity index (χ4n) is 1.39. The highest BCUT2D eigenvalue weighted by Crippen LogP contribution is 2.19. The zero-order chi connectivity index (χ0) is 11.5. The maximum atomic E-state index is 13.4. The average Bonchev–Trinajstić information content (AvgIpc) is 2.63. The molecule has 0 unspecified atom stereocenters. The summed E-state index contributed by atoms with van der Waals surface area (Å²) in [6.45, 7) is 0.523. The van der Waals surface area contributed by atoms with E-state index in [-0.39, 0.29) is 5.82 Å². The SMILES string of the molecule is Cn1nccc1CNc1ccc(Cl)cc1F. The van der Waals surface area contributed by atoms with Crippen LogP contribution in [0.3, 0.4) is 0 Å². The second-order valence-electron chi connectivity index (χ2n) is 3.42. The summed E-state index contributed by atoms with van der Waals surface area (Å²) >= 11 is 5.66. The van der Waals surface area contributed by atoms with Crippen molar-refractivity contribution in [3.63, 3.8) is 0 Å². The molecular weight excluding hydrogens is 229 g/mol. The van der Waals surface area contributed by atoms with Crippen LogP contribution in [0.15, 0.2) is 30.5 Å². The van der Waals surface area contributed by atoms with Crippen molar-refractivity contribution in [2.24, 2.45) is 7.05 Å². The third kappa shape index (κ3) is 2.33. The van der Waals surface area contributed by atoms with Gasteiger partial charge in [0, 0.05) is 18.3 Å². The van der Waals surface area contributed by atoms with E-state index in [9.17, 15) is 4.39 Å². The summed E-state index contributed by atoms with van der Waals surface area (Å²) < 4.78 is 15.1. The number of hydrogen-bond donors (Lipinski definition) is 1. The Labute approximate surface area is 97.8 Å². The van der Waals surface area contributed by atoms with E-state index in [1.165, 1.54) is 6.07 Å². The highest BCUT2D eigenvalue weighted by Gasteiger charge is 2.03. The topological polar surface area (TPSA) is 29.9 Å². The molecule has 1 aromatic carbocycles. The van der Waals surface area contributed by atoms with Crippen LogP contribution in [0, 0.1) is 5.82 Å². The van der Waals surface area contributed by atoms with Gasteiger partial charge in [0.05, 0.1) is 17.9 Å². The average molecular weight is 240 g/mol. The molecule has 1 heterocycles. The minimum atomic E-state index is -0.352. The van der Waals surface area contributed by atoms with Gasteiger partial charge in [-0.3, -0.25) is 4.68 Å². The number of hydrogen-bond acceptors (Lipinski definition) is 2. The molecule has 84 valence electrons. The van der Waals surface area contributed by atoms with Crippen molar-refractivity contribution in [3.8, 4) is 0 Å². The summed E-state index contributed by atoms with van der Waals surface area (Å²) in [5, 5.41) is 7.41. The fourth-order valence-corrected chi connectivity index (χ4v) is 1.55. The van der Waals surface area contributed by atoms with Gasteiger partial charge in [-0.05, 0) is 24.3 Å². The van der Waals surface area contributed by atoms with Gasteiger partial charge in [0.2, 0.25) is 0 Å². The van der Waals surface area contributed by atoms with Gasteiger partial charge in [0.15, 0.2) is 0 Å². The zero-order valence-electron chi connectivity index (χ0n) is 8.74. The highest BCUT2D eigenvalue weighted by molar-refractivity contribution is 6.30. The quantitative estimate of drug-likeness (QED) is 0.893. The van der Waals surface area contributed by atoms with Crippen LogP contribution in [0.5, 0.6) is 0 Å². The van der Waals surface area contributed by atoms with Crippen LogP contribution in [0.2, 0.25) is 5.02 Å². The van der Waals surface area contributed by atoms with Gasteiger partial charge in [-0.1, -0.05) is 11.6 Å². The van der Waals surface area contributed by atoms with Crippen molar-refractivity contribution in [2.75, 3.05) is 5.32 Å². The van der Waals surface area contributed by atoms with E-state index >= 15 is 0 Å². The van der Waals surface area contributed by atoms with E-state index in [4.69, 9.17) is 11.6 Å². The Morgan fingerprint density at radius 1 is 1.44 bits per heavy atom. The van der Waals surface area contributed by atoms with Crippen LogP contribution in [-0.4, -0.2) is 9.78 Å². The summed E-state index contributed by atoms with van der Waals surface area (Å²) in [4.78, 5) is 0. The van der Waals surface area contributed by atoms with Crippen molar-refractivity contribution in [1.29, 1.82) is 0 Å². The van der Waals surface area contributed by atoms with Gasteiger partial charge >= 0.3 is 0 Å². The molecule has 16 heavy (non-hydrogen) atoms. The molecule has 3 nitrogen and oxygen atoms in total. The molecule has 0 fully saturated rings. The first-order valence-corrected chi connectivity index (χ1v) is 5.20. The number of anilines is 1. The lowest BCUT2D eigenvalue weighted by Crippen LogP contribution is -2.06. The predicted octanol–water partition coefficient (Wildman–Crippen LogP) is 2.82. The molecule has 5 heteroatoms. The second kappa shape index (κ2) is 4.53. The second-order valence-corrected chi connectivity index (χ2v) is 3.86. The third-order valence-electron chi connectivity index (χ3n) is 2.31. The first-order chi connectivity index (χ1) is 7.66. The van der Waals surface area contributed by atoms with E-state index in [0.717, 1.165) is 5.69 Å². The summed E-state index contributed by atoms with van der Waals surface area (Å²) in [6, 6.07) is 6.43. The van der Waals surface area contributed by atoms with E-state index in [1.807, 2.05) is 13.1 Å². The molecule has 0 atom stereocenters. The third-order valence-corrected chi connectivity index (χ3v) is 2.55. The molecule has 0 radical (unpaired) electrons. The van der Waals surface area contributed by atoms with Crippen LogP contribution in [0.4, 0.5) is 10.1 Å². The molecule has 0 bridgehead atoms. The molecule has 0 spiro atoms. The van der Waals surface area contributed by atoms with E-state index in [0.29, 0.717) is 17.3 Å². The molecule has 2 rings (SSSR count). The number of rotatable bonds is 3. The van der Waals surface area contributed by atoms with Crippen LogP contribution in [0.1, 0.15) is 5.69 Å². The number of halogens is 2. The van der Waals surface area contributed by atoms with Crippen LogP contribution in [-0.2, 0) is 13.6 Å². The van der Waals surface area contributed by atoms with Crippen LogP contribution >= 0.6 is 11.6 Å². The maximum absolute atomic E-state index is 13.4. The Bertz CT molecular complexity index is 496. The minimum absolute atomic E-state index is 0.352. The molecule has 0 aliphatic heterocycles. The fraction of sp³-hybridized carbons (Fsp3) is 0.182. The zero-order valence-corrected chi connectivity index (χ0v) is 9.50. The van der Waals surface area contributed by atoms with Crippen molar-refractivity contribution in [2.45, 2.75) is 6.54 Å². The Balaban J connectivity index is 2.08. The Kier molecular flexibility index (Phi) is 3.10. The largest absolute Gasteiger partial charge is 0.377 e. The lowest BCUT2D eigenvalue weighted by Gasteiger charge is -2.07. The molecule has 0 aliphatic rings. The number of aromatic nitrogens is 2. The van der Waals surface area contributed by atoms with Crippen molar-refractivity contribution < 1.29 is 4.39 Å². The normalized spacial score (nSPS) is 10.4. The predicted molar refractivity (Wildman–Crippen MR) is 61.9 cm³/mol. The van der Waals surface area contributed by atoms with Crippen molar-refractivity contribution in [1.82, 2.24) is 9.78 Å². The number of benzene rings is 1. The van der Waals surface area contributed by atoms with Crippen LogP contribution < -0.4 is 5.32 Å². The molecule has 1 aromatic heterocycles. The van der Waals surface area contributed by atoms with Gasteiger partial charge in [-0.2, -0.15) is 5.10 Å². The molecule has 0 amide bonds. The standard InChI is InChI=1S/C11H11ClFN3/c1-16-9(4-5-15-16)7-14-11-3-2-8(12)6-10(11)13/h2-6,14H,7H2,1H3. The van der Waals surface area contributed by atoms with Gasteiger partial charge in [0.25, 0.3) is 0 Å². The van der Waals surface area contributed by atoms with Crippen LogP contribution in [0.25, 0.3) is 0 Å². The Morgan fingerprint density at radius 2 is 2.25 bits per heavy atom. The summed E-state index contributed by atoms with van der Waals surface area (Å²) in [6.07, 6.45) is 1.70. The number of nitrogens with zero attached hydrogens (tertiary/aromatic N) is 2. The highest BCUT2D eigenvalue weighted by atomic mass is 35.5. The molecule has 0 saturated heterocycles. The maximum Gasteiger partial charge on any atom is 0.147 e. The molecule has 2 aromatic rings. The molecular formula is C11H11ClFN3. The summed E-state index contributed by atoms with van der Waals surface area (Å²) in [5.41, 5.74) is 1.42. The van der Waals surface area contributed by atoms with Crippen molar-refractivity contribution >= 4 is 17.3 Å². The molecule has 0 aliphatic carbocycles. The summed E-state index contributed by atoms with van der Waals surface area (Å²) in [7, 11) is 1.84. The van der Waals surface area contributed by atoms with Gasteiger partial charge in [-0.15, -0.1) is 0 Å². The smallest absolute Gasteiger partial charge is 0.147 e. The van der Waals surface area contributed by atoms with Crippen molar-refractivity contribution in [3.05, 3.63) is 47.0 Å².